The lowest BCUT2D eigenvalue weighted by molar-refractivity contribution is 0.246. The van der Waals surface area contributed by atoms with Crippen molar-refractivity contribution in [2.24, 2.45) is 0 Å². The van der Waals surface area contributed by atoms with E-state index in [0.717, 1.165) is 25.8 Å². The van der Waals surface area contributed by atoms with Crippen LogP contribution in [0.15, 0.2) is 12.4 Å². The molecule has 1 saturated carbocycles. The van der Waals surface area contributed by atoms with E-state index >= 15 is 0 Å². The third-order valence-electron chi connectivity index (χ3n) is 3.85. The molecule has 1 aromatic rings. The lowest BCUT2D eigenvalue weighted by Crippen LogP contribution is -2.50. The predicted molar refractivity (Wildman–Crippen MR) is 76.5 cm³/mol. The van der Waals surface area contributed by atoms with Gasteiger partial charge in [0.25, 0.3) is 0 Å². The summed E-state index contributed by atoms with van der Waals surface area (Å²) >= 11 is 0. The fourth-order valence-corrected chi connectivity index (χ4v) is 4.07. The Hall–Kier alpha value is -1.12. The van der Waals surface area contributed by atoms with Gasteiger partial charge in [-0.05, 0) is 25.7 Å². The number of piperidine rings is 1. The van der Waals surface area contributed by atoms with Gasteiger partial charge in [-0.3, -0.25) is 9.82 Å². The van der Waals surface area contributed by atoms with Crippen molar-refractivity contribution in [1.82, 2.24) is 19.8 Å². The number of nitrogens with zero attached hydrogens (tertiary/aromatic N) is 2. The van der Waals surface area contributed by atoms with Gasteiger partial charge in [0.15, 0.2) is 0 Å². The third-order valence-corrected chi connectivity index (χ3v) is 5.44. The van der Waals surface area contributed by atoms with Crippen LogP contribution in [-0.4, -0.2) is 48.1 Å². The summed E-state index contributed by atoms with van der Waals surface area (Å²) in [6, 6.07) is 0.650. The molecule has 2 heterocycles. The molecule has 0 spiro atoms. The Morgan fingerprint density at radius 2 is 2.20 bits per heavy atom. The van der Waals surface area contributed by atoms with Gasteiger partial charge in [0.2, 0.25) is 0 Å². The minimum absolute atomic E-state index is 0.0498. The number of H-pyrrole nitrogens is 1. The van der Waals surface area contributed by atoms with Crippen molar-refractivity contribution in [2.75, 3.05) is 17.8 Å². The summed E-state index contributed by atoms with van der Waals surface area (Å²) in [4.78, 5) is 0. The van der Waals surface area contributed by atoms with Crippen LogP contribution in [0.25, 0.3) is 0 Å². The van der Waals surface area contributed by atoms with Gasteiger partial charge >= 0.3 is 10.2 Å². The molecule has 112 valence electrons. The molecule has 1 atom stereocenters. The molecule has 1 aliphatic carbocycles. The summed E-state index contributed by atoms with van der Waals surface area (Å²) in [5.74, 6) is 0. The number of nitrogens with one attached hydrogen (secondary N) is 3. The van der Waals surface area contributed by atoms with E-state index in [1.54, 1.807) is 10.5 Å². The summed E-state index contributed by atoms with van der Waals surface area (Å²) in [5, 5.41) is 9.80. The quantitative estimate of drug-likeness (QED) is 0.720. The Bertz CT molecular complexity index is 526. The van der Waals surface area contributed by atoms with Crippen LogP contribution in [-0.2, 0) is 10.2 Å². The third kappa shape index (κ3) is 3.31. The zero-order valence-electron chi connectivity index (χ0n) is 11.4. The molecule has 7 nitrogen and oxygen atoms in total. The zero-order valence-corrected chi connectivity index (χ0v) is 12.2. The van der Waals surface area contributed by atoms with Gasteiger partial charge in [-0.1, -0.05) is 6.42 Å². The molecule has 20 heavy (non-hydrogen) atoms. The second kappa shape index (κ2) is 5.71. The fraction of sp³-hybridized carbons (Fsp3) is 0.750. The Morgan fingerprint density at radius 3 is 2.90 bits per heavy atom. The zero-order chi connectivity index (χ0) is 14.0. The van der Waals surface area contributed by atoms with Crippen LogP contribution >= 0.6 is 0 Å². The van der Waals surface area contributed by atoms with Crippen molar-refractivity contribution in [3.05, 3.63) is 12.4 Å². The second-order valence-corrected chi connectivity index (χ2v) is 7.16. The average Bonchev–Trinajstić information content (AvgIpc) is 3.13. The first-order valence-electron chi connectivity index (χ1n) is 7.17. The van der Waals surface area contributed by atoms with Crippen molar-refractivity contribution in [3.63, 3.8) is 0 Å². The molecule has 0 bridgehead atoms. The van der Waals surface area contributed by atoms with Gasteiger partial charge < -0.3 is 5.32 Å². The number of hydrogen-bond acceptors (Lipinski definition) is 4. The van der Waals surface area contributed by atoms with E-state index in [4.69, 9.17) is 0 Å². The molecular weight excluding hydrogens is 278 g/mol. The molecule has 8 heteroatoms. The number of rotatable bonds is 6. The summed E-state index contributed by atoms with van der Waals surface area (Å²) in [6.45, 7) is 1.33. The molecule has 3 N–H and O–H groups in total. The monoisotopic (exact) mass is 299 g/mol. The Labute approximate surface area is 119 Å². The Balaban J connectivity index is 1.67. The fourth-order valence-electron chi connectivity index (χ4n) is 2.60. The van der Waals surface area contributed by atoms with Crippen molar-refractivity contribution in [3.8, 4) is 0 Å². The van der Waals surface area contributed by atoms with E-state index in [-0.39, 0.29) is 6.04 Å². The molecule has 1 saturated heterocycles. The van der Waals surface area contributed by atoms with Crippen molar-refractivity contribution in [2.45, 2.75) is 44.2 Å². The van der Waals surface area contributed by atoms with Crippen molar-refractivity contribution >= 4 is 15.9 Å². The SMILES string of the molecule is O=S(=O)(Nc1cn[nH]c1)N1CCCCC1CNC1CC1. The van der Waals surface area contributed by atoms with E-state index < -0.39 is 10.2 Å². The number of anilines is 1. The van der Waals surface area contributed by atoms with Gasteiger partial charge in [0.1, 0.15) is 0 Å². The second-order valence-electron chi connectivity index (χ2n) is 5.54. The van der Waals surface area contributed by atoms with Gasteiger partial charge in [-0.2, -0.15) is 17.8 Å². The number of aromatic amines is 1. The van der Waals surface area contributed by atoms with Crippen LogP contribution in [0.2, 0.25) is 0 Å². The van der Waals surface area contributed by atoms with Crippen LogP contribution in [0.5, 0.6) is 0 Å². The lowest BCUT2D eigenvalue weighted by Gasteiger charge is -2.34. The van der Waals surface area contributed by atoms with Crippen LogP contribution in [0.4, 0.5) is 5.69 Å². The highest BCUT2D eigenvalue weighted by molar-refractivity contribution is 7.90. The summed E-state index contributed by atoms with van der Waals surface area (Å²) in [5.41, 5.74) is 0.476. The molecule has 1 aliphatic heterocycles. The maximum absolute atomic E-state index is 12.5. The van der Waals surface area contributed by atoms with E-state index in [1.807, 2.05) is 0 Å². The molecule has 2 aliphatic rings. The van der Waals surface area contributed by atoms with E-state index in [1.165, 1.54) is 19.0 Å². The highest BCUT2D eigenvalue weighted by Crippen LogP contribution is 2.23. The summed E-state index contributed by atoms with van der Waals surface area (Å²) < 4.78 is 29.1. The van der Waals surface area contributed by atoms with Crippen LogP contribution in [0.1, 0.15) is 32.1 Å². The predicted octanol–water partition coefficient (Wildman–Crippen LogP) is 0.673. The average molecular weight is 299 g/mol. The van der Waals surface area contributed by atoms with Gasteiger partial charge in [-0.15, -0.1) is 0 Å². The number of aromatic nitrogens is 2. The highest BCUT2D eigenvalue weighted by Gasteiger charge is 2.33. The van der Waals surface area contributed by atoms with E-state index in [2.05, 4.69) is 20.2 Å². The van der Waals surface area contributed by atoms with E-state index in [9.17, 15) is 8.42 Å². The standard InChI is InChI=1S/C12H21N5O2S/c18-20(19,16-11-7-14-15-8-11)17-6-2-1-3-12(17)9-13-10-4-5-10/h7-8,10,12-13,16H,1-6,9H2,(H,14,15). The Kier molecular flexibility index (Phi) is 3.95. The lowest BCUT2D eigenvalue weighted by atomic mass is 10.1. The molecular formula is C12H21N5O2S. The van der Waals surface area contributed by atoms with Crippen LogP contribution in [0.3, 0.4) is 0 Å². The number of hydrogen-bond donors (Lipinski definition) is 3. The molecule has 0 aromatic carbocycles. The van der Waals surface area contributed by atoms with Gasteiger partial charge in [0, 0.05) is 31.4 Å². The molecule has 3 rings (SSSR count). The topological polar surface area (TPSA) is 90.1 Å². The van der Waals surface area contributed by atoms with E-state index in [0.29, 0.717) is 18.3 Å². The smallest absolute Gasteiger partial charge is 0.302 e. The highest BCUT2D eigenvalue weighted by atomic mass is 32.2. The first kappa shape index (κ1) is 13.8. The minimum atomic E-state index is -3.50. The molecule has 1 aromatic heterocycles. The Morgan fingerprint density at radius 1 is 1.35 bits per heavy atom. The van der Waals surface area contributed by atoms with Crippen molar-refractivity contribution in [1.29, 1.82) is 0 Å². The maximum Gasteiger partial charge on any atom is 0.302 e. The largest absolute Gasteiger partial charge is 0.312 e. The first-order chi connectivity index (χ1) is 9.65. The van der Waals surface area contributed by atoms with Gasteiger partial charge in [-0.25, -0.2) is 0 Å². The molecule has 0 radical (unpaired) electrons. The maximum atomic E-state index is 12.5. The molecule has 1 unspecified atom stereocenters. The normalized spacial score (nSPS) is 24.7. The minimum Gasteiger partial charge on any atom is -0.312 e. The van der Waals surface area contributed by atoms with Crippen LogP contribution < -0.4 is 10.0 Å². The summed E-state index contributed by atoms with van der Waals surface area (Å²) in [7, 11) is -3.50. The molecule has 0 amide bonds. The first-order valence-corrected chi connectivity index (χ1v) is 8.61. The van der Waals surface area contributed by atoms with Crippen LogP contribution in [0, 0.1) is 0 Å². The summed E-state index contributed by atoms with van der Waals surface area (Å²) in [6.07, 6.45) is 8.38. The molecule has 2 fully saturated rings. The van der Waals surface area contributed by atoms with Crippen molar-refractivity contribution < 1.29 is 8.42 Å². The van der Waals surface area contributed by atoms with Gasteiger partial charge in [0.05, 0.1) is 11.9 Å².